The molecular weight excluding hydrogens is 1010 g/mol. The molecule has 4 rings (SSSR count). The summed E-state index contributed by atoms with van der Waals surface area (Å²) >= 11 is 0. The maximum Gasteiger partial charge on any atom is 0.248 e. The third-order valence-electron chi connectivity index (χ3n) is 13.7. The summed E-state index contributed by atoms with van der Waals surface area (Å²) in [6.07, 6.45) is 6.64. The van der Waals surface area contributed by atoms with Crippen LogP contribution in [0.2, 0.25) is 0 Å². The Bertz CT molecular complexity index is 2240. The first-order valence-electron chi connectivity index (χ1n) is 25.7. The van der Waals surface area contributed by atoms with Crippen LogP contribution in [0, 0.1) is 17.8 Å². The van der Waals surface area contributed by atoms with Crippen molar-refractivity contribution >= 4 is 86.6 Å². The van der Waals surface area contributed by atoms with Crippen molar-refractivity contribution in [2.45, 2.75) is 147 Å². The molecular formula is C50H77N13O10S2. The summed E-state index contributed by atoms with van der Waals surface area (Å²) in [6.45, 7) is 6.91. The van der Waals surface area contributed by atoms with Crippen LogP contribution in [-0.2, 0) is 54.4 Å². The Kier molecular flexibility index (Phi) is 25.2. The highest BCUT2D eigenvalue weighted by atomic mass is 33.1. The van der Waals surface area contributed by atoms with E-state index in [1.54, 1.807) is 44.2 Å². The summed E-state index contributed by atoms with van der Waals surface area (Å²) < 4.78 is 0. The molecule has 2 saturated heterocycles. The van der Waals surface area contributed by atoms with Gasteiger partial charge in [0, 0.05) is 36.6 Å². The molecule has 15 N–H and O–H groups in total. The average Bonchev–Trinajstić information content (AvgIpc) is 4.10. The first kappa shape index (κ1) is 61.2. The number of rotatable bonds is 19. The molecule has 1 aliphatic carbocycles. The zero-order valence-corrected chi connectivity index (χ0v) is 45.0. The van der Waals surface area contributed by atoms with Crippen LogP contribution >= 0.6 is 21.6 Å². The fourth-order valence-electron chi connectivity index (χ4n) is 8.99. The average molecular weight is 1080 g/mol. The first-order chi connectivity index (χ1) is 35.7. The van der Waals surface area contributed by atoms with Gasteiger partial charge in [-0.3, -0.25) is 52.9 Å². The predicted molar refractivity (Wildman–Crippen MR) is 286 cm³/mol. The summed E-state index contributed by atoms with van der Waals surface area (Å²) in [6, 6.07) is -0.00633. The molecule has 0 spiro atoms. The largest absolute Gasteiger partial charge is 0.370 e. The fraction of sp³-hybridized carbons (Fsp3) is 0.620. The van der Waals surface area contributed by atoms with E-state index in [4.69, 9.17) is 22.9 Å². The molecule has 0 bridgehead atoms. The molecule has 3 aliphatic rings. The highest BCUT2D eigenvalue weighted by Crippen LogP contribution is 2.31. The second kappa shape index (κ2) is 30.9. The van der Waals surface area contributed by atoms with Crippen molar-refractivity contribution in [3.05, 3.63) is 47.5 Å². The molecule has 10 amide bonds. The van der Waals surface area contributed by atoms with Crippen LogP contribution in [0.1, 0.15) is 104 Å². The minimum atomic E-state index is -1.64. The molecule has 1 aromatic carbocycles. The number of carbonyl (C=O) groups is 10. The van der Waals surface area contributed by atoms with E-state index < -0.39 is 120 Å². The molecule has 2 unspecified atom stereocenters. The molecule has 0 radical (unpaired) electrons. The van der Waals surface area contributed by atoms with E-state index in [1.807, 2.05) is 19.9 Å². The quantitative estimate of drug-likeness (QED) is 0.0268. The van der Waals surface area contributed by atoms with Gasteiger partial charge in [0.15, 0.2) is 5.96 Å². The first-order valence-corrected chi connectivity index (χ1v) is 28.2. The van der Waals surface area contributed by atoms with Gasteiger partial charge in [-0.15, -0.1) is 0 Å². The van der Waals surface area contributed by atoms with Crippen LogP contribution in [0.5, 0.6) is 0 Å². The van der Waals surface area contributed by atoms with Crippen molar-refractivity contribution in [1.29, 1.82) is 0 Å². The van der Waals surface area contributed by atoms with Crippen molar-refractivity contribution in [2.75, 3.05) is 31.1 Å². The fourth-order valence-corrected chi connectivity index (χ4v) is 11.2. The number of likely N-dealkylation sites (tertiary alicyclic amines) is 1. The van der Waals surface area contributed by atoms with Gasteiger partial charge in [0.25, 0.3) is 0 Å². The van der Waals surface area contributed by atoms with E-state index in [0.29, 0.717) is 30.4 Å². The third kappa shape index (κ3) is 19.7. The van der Waals surface area contributed by atoms with Gasteiger partial charge in [-0.2, -0.15) is 0 Å². The second-order valence-corrected chi connectivity index (χ2v) is 21.9. The van der Waals surface area contributed by atoms with E-state index in [0.717, 1.165) is 36.5 Å². The van der Waals surface area contributed by atoms with Crippen LogP contribution in [0.4, 0.5) is 0 Å². The van der Waals surface area contributed by atoms with Crippen LogP contribution in [0.15, 0.2) is 47.0 Å². The number of hydrogen-bond acceptors (Lipinski definition) is 13. The maximum absolute atomic E-state index is 14.8. The molecule has 0 aromatic heterocycles. The zero-order chi connectivity index (χ0) is 55.2. The number of guanidine groups is 1. The Morgan fingerprint density at radius 3 is 2.01 bits per heavy atom. The highest BCUT2D eigenvalue weighted by molar-refractivity contribution is 8.76. The minimum absolute atomic E-state index is 0.0182. The molecule has 2 aliphatic heterocycles. The van der Waals surface area contributed by atoms with Gasteiger partial charge in [0.05, 0.1) is 13.0 Å². The Labute approximate surface area is 446 Å². The number of amides is 10. The van der Waals surface area contributed by atoms with Gasteiger partial charge in [0.1, 0.15) is 42.3 Å². The number of nitrogens with one attached hydrogen (secondary N) is 7. The molecule has 23 nitrogen and oxygen atoms in total. The van der Waals surface area contributed by atoms with Crippen LogP contribution in [-0.4, -0.2) is 143 Å². The van der Waals surface area contributed by atoms with E-state index in [9.17, 15) is 47.9 Å². The molecule has 9 atom stereocenters. The lowest BCUT2D eigenvalue weighted by atomic mass is 9.95. The summed E-state index contributed by atoms with van der Waals surface area (Å²) in [4.78, 5) is 143. The Morgan fingerprint density at radius 1 is 0.773 bits per heavy atom. The van der Waals surface area contributed by atoms with E-state index in [-0.39, 0.29) is 68.1 Å². The molecule has 25 heteroatoms. The molecule has 75 heavy (non-hydrogen) atoms. The van der Waals surface area contributed by atoms with Gasteiger partial charge >= 0.3 is 0 Å². The number of primary amides is 2. The summed E-state index contributed by atoms with van der Waals surface area (Å²) in [7, 11) is 2.38. The lowest BCUT2D eigenvalue weighted by Gasteiger charge is -2.31. The maximum atomic E-state index is 14.8. The topological polar surface area (TPSA) is 375 Å². The van der Waals surface area contributed by atoms with Crippen LogP contribution < -0.4 is 60.2 Å². The van der Waals surface area contributed by atoms with Gasteiger partial charge in [-0.1, -0.05) is 111 Å². The molecule has 2 heterocycles. The van der Waals surface area contributed by atoms with Gasteiger partial charge in [-0.05, 0) is 61.8 Å². The SMILES string of the molecule is CC[C@@H](C)C1NC(=O)/C(=C/C2CCCC2)CSSC[C@@H](C(=O)N2CCC[C@H]2C(=O)N[C@@H](CCCN=C(N)N)C(=O)NCC(N)=O)NC(=O)C(CC(N)=O)NC(=O)[C@H]([C@@H](C)CC)NC(=O)[C@H](Cc2ccccc2)NC1=O. The van der Waals surface area contributed by atoms with Gasteiger partial charge in [-0.25, -0.2) is 0 Å². The van der Waals surface area contributed by atoms with Crippen molar-refractivity contribution in [3.63, 3.8) is 0 Å². The molecule has 1 saturated carbocycles. The number of aliphatic imine (C=N–C) groups is 1. The summed E-state index contributed by atoms with van der Waals surface area (Å²) in [5.74, 6) is -8.52. The van der Waals surface area contributed by atoms with Crippen LogP contribution in [0.3, 0.4) is 0 Å². The Morgan fingerprint density at radius 2 is 1.40 bits per heavy atom. The number of allylic oxidation sites excluding steroid dienone is 1. The third-order valence-corrected chi connectivity index (χ3v) is 16.0. The number of hydrogen-bond donors (Lipinski definition) is 11. The Balaban J connectivity index is 1.75. The van der Waals surface area contributed by atoms with E-state index >= 15 is 0 Å². The van der Waals surface area contributed by atoms with Crippen LogP contribution in [0.25, 0.3) is 0 Å². The minimum Gasteiger partial charge on any atom is -0.370 e. The summed E-state index contributed by atoms with van der Waals surface area (Å²) in [5.41, 5.74) is 22.9. The molecule has 1 aromatic rings. The normalized spacial score (nSPS) is 24.5. The standard InChI is InChI=1S/C50H77N13O10S2/c1-5-28(3)40-47(71)58-34(23-31-14-8-7-9-15-31)45(69)62-41(29(4)6-2)48(72)59-35(24-38(51)64)44(68)60-36(27-75-74-26-32(42(66)61-40)22-30-16-10-11-17-30)49(73)63-21-13-19-37(63)46(70)57-33(18-12-20-55-50(53)54)43(67)56-25-39(52)65/h7-9,14-15,22,28-30,33-37,40-41H,5-6,10-13,16-21,23-27H2,1-4H3,(H2,51,64)(H2,52,65)(H,56,67)(H,57,70)(H,58,71)(H,59,72)(H,60,68)(H,61,66)(H,62,69)(H4,53,54,55)/b32-22+/t28-,29+,33+,34+,35?,36+,37+,40?,41+/m1/s1. The van der Waals surface area contributed by atoms with Gasteiger partial charge < -0.3 is 65.1 Å². The number of benzene rings is 1. The van der Waals surface area contributed by atoms with E-state index in [2.05, 4.69) is 42.2 Å². The molecule has 3 fully saturated rings. The zero-order valence-electron chi connectivity index (χ0n) is 43.4. The van der Waals surface area contributed by atoms with Gasteiger partial charge in [0.2, 0.25) is 59.1 Å². The number of carbonyl (C=O) groups excluding carboxylic acids is 10. The lowest BCUT2D eigenvalue weighted by molar-refractivity contribution is -0.142. The monoisotopic (exact) mass is 1080 g/mol. The Hall–Kier alpha value is -6.37. The highest BCUT2D eigenvalue weighted by Gasteiger charge is 2.41. The second-order valence-electron chi connectivity index (χ2n) is 19.4. The van der Waals surface area contributed by atoms with Crippen molar-refractivity contribution in [3.8, 4) is 0 Å². The number of nitrogens with zero attached hydrogens (tertiary/aromatic N) is 2. The molecule has 414 valence electrons. The van der Waals surface area contributed by atoms with Crippen molar-refractivity contribution in [1.82, 2.24) is 42.1 Å². The smallest absolute Gasteiger partial charge is 0.248 e. The summed E-state index contributed by atoms with van der Waals surface area (Å²) in [5, 5.41) is 19.0. The number of nitrogens with two attached hydrogens (primary N) is 4. The van der Waals surface area contributed by atoms with E-state index in [1.165, 1.54) is 15.7 Å². The van der Waals surface area contributed by atoms with Crippen molar-refractivity contribution < 1.29 is 47.9 Å². The van der Waals surface area contributed by atoms with Crippen molar-refractivity contribution in [2.24, 2.45) is 45.7 Å². The lowest BCUT2D eigenvalue weighted by Crippen LogP contribution is -2.62. The predicted octanol–water partition coefficient (Wildman–Crippen LogP) is -0.737.